The second-order valence-corrected chi connectivity index (χ2v) is 4.30. The van der Waals surface area contributed by atoms with E-state index < -0.39 is 6.10 Å². The lowest BCUT2D eigenvalue weighted by Crippen LogP contribution is -2.34. The molecule has 0 spiro atoms. The van der Waals surface area contributed by atoms with Gasteiger partial charge >= 0.3 is 0 Å². The molecular weight excluding hydrogens is 180 g/mol. The molecule has 2 N–H and O–H groups in total. The first-order chi connectivity index (χ1) is 6.48. The van der Waals surface area contributed by atoms with Crippen LogP contribution in [0.25, 0.3) is 0 Å². The van der Waals surface area contributed by atoms with Crippen LogP contribution in [0.3, 0.4) is 0 Å². The summed E-state index contributed by atoms with van der Waals surface area (Å²) >= 11 is 0. The molecule has 1 aromatic rings. The highest BCUT2D eigenvalue weighted by Gasteiger charge is 2.32. The fraction of sp³-hybridized carbons (Fsp3) is 0.455. The number of ether oxygens (including phenoxy) is 1. The summed E-state index contributed by atoms with van der Waals surface area (Å²) in [6.07, 6.45) is -0.00968. The molecule has 0 radical (unpaired) electrons. The Labute approximate surface area is 83.0 Å². The van der Waals surface area contributed by atoms with E-state index in [0.29, 0.717) is 17.7 Å². The molecule has 3 nitrogen and oxygen atoms in total. The maximum Gasteiger partial charge on any atom is 0.126 e. The van der Waals surface area contributed by atoms with Gasteiger partial charge in [-0.15, -0.1) is 0 Å². The van der Waals surface area contributed by atoms with Crippen LogP contribution in [0.15, 0.2) is 18.2 Å². The Morgan fingerprint density at radius 1 is 1.43 bits per heavy atom. The number of benzene rings is 1. The average Bonchev–Trinajstić information content (AvgIpc) is 2.05. The summed E-state index contributed by atoms with van der Waals surface area (Å²) in [5.41, 5.74) is 0.327. The van der Waals surface area contributed by atoms with E-state index in [4.69, 9.17) is 4.74 Å². The maximum atomic E-state index is 9.83. The Morgan fingerprint density at radius 3 is 2.86 bits per heavy atom. The quantitative estimate of drug-likeness (QED) is 0.664. The number of phenols is 1. The zero-order valence-corrected chi connectivity index (χ0v) is 8.32. The molecule has 0 amide bonds. The van der Waals surface area contributed by atoms with E-state index in [-0.39, 0.29) is 11.4 Å². The van der Waals surface area contributed by atoms with E-state index in [1.165, 1.54) is 0 Å². The smallest absolute Gasteiger partial charge is 0.126 e. The molecule has 0 aliphatic carbocycles. The SMILES string of the molecule is CC1(C)C[C@@H](O)c2cc(O)ccc2O1. The standard InChI is InChI=1S/C11H14O3/c1-11(2)6-9(13)8-5-7(12)3-4-10(8)14-11/h3-5,9,12-13H,6H2,1-2H3/t9-/m1/s1. The Bertz CT molecular complexity index is 358. The van der Waals surface area contributed by atoms with Crippen molar-refractivity contribution in [2.75, 3.05) is 0 Å². The molecule has 14 heavy (non-hydrogen) atoms. The third kappa shape index (κ3) is 1.55. The van der Waals surface area contributed by atoms with Crippen LogP contribution < -0.4 is 4.74 Å². The monoisotopic (exact) mass is 194 g/mol. The second-order valence-electron chi connectivity index (χ2n) is 4.30. The van der Waals surface area contributed by atoms with Gasteiger partial charge in [0.05, 0.1) is 6.10 Å². The molecule has 3 heteroatoms. The van der Waals surface area contributed by atoms with E-state index in [1.807, 2.05) is 13.8 Å². The van der Waals surface area contributed by atoms with Gasteiger partial charge in [-0.2, -0.15) is 0 Å². The number of hydrogen-bond acceptors (Lipinski definition) is 3. The summed E-state index contributed by atoms with van der Waals surface area (Å²) in [6.45, 7) is 3.87. The summed E-state index contributed by atoms with van der Waals surface area (Å²) in [5.74, 6) is 0.817. The topological polar surface area (TPSA) is 49.7 Å². The summed E-state index contributed by atoms with van der Waals surface area (Å²) in [7, 11) is 0. The number of rotatable bonds is 0. The Balaban J connectivity index is 2.45. The third-order valence-electron chi connectivity index (χ3n) is 2.42. The molecule has 0 unspecified atom stereocenters. The molecular formula is C11H14O3. The Morgan fingerprint density at radius 2 is 2.14 bits per heavy atom. The van der Waals surface area contributed by atoms with Crippen molar-refractivity contribution < 1.29 is 14.9 Å². The zero-order chi connectivity index (χ0) is 10.3. The summed E-state index contributed by atoms with van der Waals surface area (Å²) in [4.78, 5) is 0. The van der Waals surface area contributed by atoms with E-state index in [9.17, 15) is 10.2 Å². The molecule has 0 saturated heterocycles. The van der Waals surface area contributed by atoms with Crippen molar-refractivity contribution in [3.05, 3.63) is 23.8 Å². The molecule has 1 atom stereocenters. The minimum Gasteiger partial charge on any atom is -0.508 e. The predicted octanol–water partition coefficient (Wildman–Crippen LogP) is 1.99. The van der Waals surface area contributed by atoms with Gasteiger partial charge in [0.15, 0.2) is 0 Å². The van der Waals surface area contributed by atoms with Crippen molar-refractivity contribution in [2.45, 2.75) is 32.0 Å². The largest absolute Gasteiger partial charge is 0.508 e. The lowest BCUT2D eigenvalue weighted by Gasteiger charge is -2.35. The van der Waals surface area contributed by atoms with Gasteiger partial charge in [0.2, 0.25) is 0 Å². The highest BCUT2D eigenvalue weighted by atomic mass is 16.5. The van der Waals surface area contributed by atoms with Crippen LogP contribution in [0, 0.1) is 0 Å². The van der Waals surface area contributed by atoms with Crippen LogP contribution in [-0.4, -0.2) is 15.8 Å². The molecule has 1 heterocycles. The van der Waals surface area contributed by atoms with Crippen LogP contribution in [0.2, 0.25) is 0 Å². The minimum absolute atomic E-state index is 0.158. The normalized spacial score (nSPS) is 23.8. The molecule has 76 valence electrons. The average molecular weight is 194 g/mol. The van der Waals surface area contributed by atoms with Gasteiger partial charge in [-0.25, -0.2) is 0 Å². The molecule has 0 aromatic heterocycles. The van der Waals surface area contributed by atoms with E-state index in [1.54, 1.807) is 18.2 Å². The van der Waals surface area contributed by atoms with Gasteiger partial charge in [-0.1, -0.05) is 0 Å². The van der Waals surface area contributed by atoms with Gasteiger partial charge in [0.25, 0.3) is 0 Å². The minimum atomic E-state index is -0.555. The fourth-order valence-corrected chi connectivity index (χ4v) is 1.80. The number of phenolic OH excluding ortho intramolecular Hbond substituents is 1. The van der Waals surface area contributed by atoms with Crippen LogP contribution in [0.1, 0.15) is 31.9 Å². The van der Waals surface area contributed by atoms with Gasteiger partial charge < -0.3 is 14.9 Å². The van der Waals surface area contributed by atoms with Crippen molar-refractivity contribution in [1.82, 2.24) is 0 Å². The molecule has 1 aromatic carbocycles. The predicted molar refractivity (Wildman–Crippen MR) is 52.4 cm³/mol. The van der Waals surface area contributed by atoms with Crippen molar-refractivity contribution >= 4 is 0 Å². The van der Waals surface area contributed by atoms with Crippen molar-refractivity contribution in [3.8, 4) is 11.5 Å². The van der Waals surface area contributed by atoms with Gasteiger partial charge in [-0.3, -0.25) is 0 Å². The van der Waals surface area contributed by atoms with Crippen LogP contribution in [-0.2, 0) is 0 Å². The highest BCUT2D eigenvalue weighted by Crippen LogP contribution is 2.40. The van der Waals surface area contributed by atoms with Crippen LogP contribution >= 0.6 is 0 Å². The maximum absolute atomic E-state index is 9.83. The summed E-state index contributed by atoms with van der Waals surface area (Å²) in [6, 6.07) is 4.80. The Kier molecular flexibility index (Phi) is 1.93. The van der Waals surface area contributed by atoms with E-state index in [2.05, 4.69) is 0 Å². The van der Waals surface area contributed by atoms with Crippen LogP contribution in [0.4, 0.5) is 0 Å². The molecule has 2 rings (SSSR count). The number of aliphatic hydroxyl groups excluding tert-OH is 1. The van der Waals surface area contributed by atoms with E-state index >= 15 is 0 Å². The zero-order valence-electron chi connectivity index (χ0n) is 8.32. The molecule has 0 bridgehead atoms. The third-order valence-corrected chi connectivity index (χ3v) is 2.42. The first-order valence-electron chi connectivity index (χ1n) is 4.68. The fourth-order valence-electron chi connectivity index (χ4n) is 1.80. The highest BCUT2D eigenvalue weighted by molar-refractivity contribution is 5.42. The number of hydrogen-bond donors (Lipinski definition) is 2. The first kappa shape index (κ1) is 9.34. The van der Waals surface area contributed by atoms with Crippen molar-refractivity contribution in [3.63, 3.8) is 0 Å². The van der Waals surface area contributed by atoms with Crippen molar-refractivity contribution in [2.24, 2.45) is 0 Å². The Hall–Kier alpha value is -1.22. The molecule has 0 saturated carbocycles. The lowest BCUT2D eigenvalue weighted by molar-refractivity contribution is 0.0113. The number of aromatic hydroxyl groups is 1. The molecule has 1 aliphatic rings. The van der Waals surface area contributed by atoms with Gasteiger partial charge in [0, 0.05) is 12.0 Å². The van der Waals surface area contributed by atoms with E-state index in [0.717, 1.165) is 0 Å². The summed E-state index contributed by atoms with van der Waals surface area (Å²) in [5, 5.41) is 19.1. The second kappa shape index (κ2) is 2.89. The van der Waals surface area contributed by atoms with Gasteiger partial charge in [0.1, 0.15) is 17.1 Å². The van der Waals surface area contributed by atoms with Crippen molar-refractivity contribution in [1.29, 1.82) is 0 Å². The summed E-state index contributed by atoms with van der Waals surface area (Å²) < 4.78 is 5.67. The van der Waals surface area contributed by atoms with Gasteiger partial charge in [-0.05, 0) is 32.0 Å². The van der Waals surface area contributed by atoms with Crippen LogP contribution in [0.5, 0.6) is 11.5 Å². The lowest BCUT2D eigenvalue weighted by atomic mass is 9.92. The first-order valence-corrected chi connectivity index (χ1v) is 4.68. The number of aliphatic hydroxyl groups is 1. The molecule has 0 fully saturated rings. The number of fused-ring (bicyclic) bond motifs is 1. The molecule has 1 aliphatic heterocycles.